The van der Waals surface area contributed by atoms with E-state index in [2.05, 4.69) is 48.4 Å². The number of ether oxygens (including phenoxy) is 1. The van der Waals surface area contributed by atoms with Crippen LogP contribution in [0.25, 0.3) is 11.3 Å². The summed E-state index contributed by atoms with van der Waals surface area (Å²) in [5.74, 6) is 1.01. The maximum atomic E-state index is 5.39. The first-order chi connectivity index (χ1) is 9.67. The van der Waals surface area contributed by atoms with E-state index in [0.29, 0.717) is 0 Å². The Balaban J connectivity index is 1.86. The molecule has 4 heteroatoms. The van der Waals surface area contributed by atoms with Crippen LogP contribution in [0.4, 0.5) is 0 Å². The lowest BCUT2D eigenvalue weighted by molar-refractivity contribution is 0.117. The Hall–Kier alpha value is -1.65. The molecular formula is C16H21N3O. The number of imidazole rings is 1. The maximum Gasteiger partial charge on any atom is 0.124 e. The highest BCUT2D eigenvalue weighted by Gasteiger charge is 2.27. The first-order valence-electron chi connectivity index (χ1n) is 7.07. The van der Waals surface area contributed by atoms with Gasteiger partial charge in [-0.1, -0.05) is 29.8 Å². The quantitative estimate of drug-likeness (QED) is 0.902. The first kappa shape index (κ1) is 13.3. The van der Waals surface area contributed by atoms with E-state index in [1.165, 1.54) is 5.56 Å². The molecule has 0 bridgehead atoms. The molecule has 2 unspecified atom stereocenters. The van der Waals surface area contributed by atoms with E-state index in [4.69, 9.17) is 9.72 Å². The van der Waals surface area contributed by atoms with E-state index in [-0.39, 0.29) is 12.1 Å². The second kappa shape index (κ2) is 5.38. The summed E-state index contributed by atoms with van der Waals surface area (Å²) in [6.07, 6.45) is 1.25. The molecule has 0 amide bonds. The average molecular weight is 271 g/mol. The Labute approximate surface area is 119 Å². The van der Waals surface area contributed by atoms with Crippen LogP contribution in [0, 0.1) is 13.8 Å². The lowest BCUT2D eigenvalue weighted by atomic mass is 10.1. The molecule has 1 aromatic carbocycles. The Kier molecular flexibility index (Phi) is 3.59. The molecule has 0 spiro atoms. The molecule has 0 radical (unpaired) electrons. The van der Waals surface area contributed by atoms with E-state index >= 15 is 0 Å². The Bertz CT molecular complexity index is 588. The second-order valence-corrected chi connectivity index (χ2v) is 5.52. The molecule has 1 saturated heterocycles. The van der Waals surface area contributed by atoms with Crippen molar-refractivity contribution in [1.82, 2.24) is 15.3 Å². The summed E-state index contributed by atoms with van der Waals surface area (Å²) in [7, 11) is 1.76. The van der Waals surface area contributed by atoms with E-state index < -0.39 is 0 Å². The van der Waals surface area contributed by atoms with E-state index in [1.807, 2.05) is 0 Å². The number of nitrogens with zero attached hydrogens (tertiary/aromatic N) is 1. The molecule has 2 heterocycles. The van der Waals surface area contributed by atoms with Crippen molar-refractivity contribution in [2.24, 2.45) is 0 Å². The summed E-state index contributed by atoms with van der Waals surface area (Å²) in [6.45, 7) is 5.06. The third-order valence-corrected chi connectivity index (χ3v) is 3.98. The van der Waals surface area contributed by atoms with Gasteiger partial charge in [0.15, 0.2) is 0 Å². The number of nitrogens with one attached hydrogen (secondary N) is 2. The number of aromatic amines is 1. The van der Waals surface area contributed by atoms with Crippen LogP contribution in [0.1, 0.15) is 29.5 Å². The van der Waals surface area contributed by atoms with Gasteiger partial charge in [-0.25, -0.2) is 4.98 Å². The third-order valence-electron chi connectivity index (χ3n) is 3.98. The van der Waals surface area contributed by atoms with Crippen LogP contribution in [-0.2, 0) is 4.74 Å². The van der Waals surface area contributed by atoms with Crippen molar-refractivity contribution in [3.8, 4) is 11.3 Å². The number of rotatable bonds is 3. The van der Waals surface area contributed by atoms with Gasteiger partial charge in [0.05, 0.1) is 17.8 Å². The van der Waals surface area contributed by atoms with E-state index in [1.54, 1.807) is 7.11 Å². The number of methoxy groups -OCH3 is 1. The minimum Gasteiger partial charge on any atom is -0.380 e. The van der Waals surface area contributed by atoms with E-state index in [9.17, 15) is 0 Å². The van der Waals surface area contributed by atoms with Gasteiger partial charge in [-0.05, 0) is 20.3 Å². The summed E-state index contributed by atoms with van der Waals surface area (Å²) in [4.78, 5) is 8.20. The molecule has 4 nitrogen and oxygen atoms in total. The monoisotopic (exact) mass is 271 g/mol. The molecule has 106 valence electrons. The number of aryl methyl sites for hydroxylation is 2. The van der Waals surface area contributed by atoms with Crippen LogP contribution < -0.4 is 5.32 Å². The summed E-state index contributed by atoms with van der Waals surface area (Å²) < 4.78 is 5.39. The Morgan fingerprint density at radius 2 is 1.95 bits per heavy atom. The Morgan fingerprint density at radius 1 is 1.20 bits per heavy atom. The van der Waals surface area contributed by atoms with Crippen molar-refractivity contribution in [3.63, 3.8) is 0 Å². The Morgan fingerprint density at radius 3 is 2.60 bits per heavy atom. The molecule has 2 aromatic rings. The minimum atomic E-state index is 0.262. The number of hydrogen-bond acceptors (Lipinski definition) is 3. The SMILES string of the molecule is COC1CNC(c2nc(-c3ccc(C)cc3)c(C)[nH]2)C1. The van der Waals surface area contributed by atoms with Gasteiger partial charge >= 0.3 is 0 Å². The third kappa shape index (κ3) is 2.49. The van der Waals surface area contributed by atoms with Gasteiger partial charge in [0.2, 0.25) is 0 Å². The molecular weight excluding hydrogens is 250 g/mol. The molecule has 1 aromatic heterocycles. The van der Waals surface area contributed by atoms with Crippen LogP contribution in [-0.4, -0.2) is 29.7 Å². The predicted octanol–water partition coefficient (Wildman–Crippen LogP) is 2.74. The van der Waals surface area contributed by atoms with Crippen molar-refractivity contribution >= 4 is 0 Å². The highest BCUT2D eigenvalue weighted by atomic mass is 16.5. The van der Waals surface area contributed by atoms with Crippen LogP contribution >= 0.6 is 0 Å². The lowest BCUT2D eigenvalue weighted by Gasteiger charge is -2.06. The van der Waals surface area contributed by atoms with Crippen LogP contribution in [0.5, 0.6) is 0 Å². The largest absolute Gasteiger partial charge is 0.380 e. The van der Waals surface area contributed by atoms with Crippen LogP contribution in [0.3, 0.4) is 0 Å². The topological polar surface area (TPSA) is 49.9 Å². The molecule has 0 aliphatic carbocycles. The van der Waals surface area contributed by atoms with Gasteiger partial charge in [-0.15, -0.1) is 0 Å². The van der Waals surface area contributed by atoms with E-state index in [0.717, 1.165) is 35.7 Å². The van der Waals surface area contributed by atoms with Gasteiger partial charge in [0.25, 0.3) is 0 Å². The molecule has 1 fully saturated rings. The van der Waals surface area contributed by atoms with Crippen molar-refractivity contribution in [2.75, 3.05) is 13.7 Å². The molecule has 3 rings (SSSR count). The molecule has 2 N–H and O–H groups in total. The zero-order valence-corrected chi connectivity index (χ0v) is 12.2. The summed E-state index contributed by atoms with van der Waals surface area (Å²) in [6, 6.07) is 8.76. The average Bonchev–Trinajstić information content (AvgIpc) is 3.06. The number of H-pyrrole nitrogens is 1. The van der Waals surface area contributed by atoms with Gasteiger partial charge in [-0.3, -0.25) is 0 Å². The zero-order chi connectivity index (χ0) is 14.1. The summed E-state index contributed by atoms with van der Waals surface area (Å²) >= 11 is 0. The molecule has 20 heavy (non-hydrogen) atoms. The normalized spacial score (nSPS) is 22.4. The molecule has 2 atom stereocenters. The van der Waals surface area contributed by atoms with Crippen molar-refractivity contribution in [3.05, 3.63) is 41.3 Å². The number of benzene rings is 1. The summed E-state index contributed by atoms with van der Waals surface area (Å²) in [5.41, 5.74) is 4.59. The number of hydrogen-bond donors (Lipinski definition) is 2. The first-order valence-corrected chi connectivity index (χ1v) is 7.07. The predicted molar refractivity (Wildman–Crippen MR) is 79.7 cm³/mol. The molecule has 0 saturated carbocycles. The summed E-state index contributed by atoms with van der Waals surface area (Å²) in [5, 5.41) is 3.46. The second-order valence-electron chi connectivity index (χ2n) is 5.52. The smallest absolute Gasteiger partial charge is 0.124 e. The van der Waals surface area contributed by atoms with Gasteiger partial charge < -0.3 is 15.0 Å². The zero-order valence-electron chi connectivity index (χ0n) is 12.2. The fourth-order valence-electron chi connectivity index (χ4n) is 2.73. The van der Waals surface area contributed by atoms with Crippen molar-refractivity contribution in [2.45, 2.75) is 32.4 Å². The highest BCUT2D eigenvalue weighted by molar-refractivity contribution is 5.62. The standard InChI is InChI=1S/C16H21N3O/c1-10-4-6-12(7-5-10)15-11(2)18-16(19-15)14-8-13(20-3)9-17-14/h4-7,13-14,17H,8-9H2,1-3H3,(H,18,19). The van der Waals surface area contributed by atoms with Crippen molar-refractivity contribution < 1.29 is 4.74 Å². The fourth-order valence-corrected chi connectivity index (χ4v) is 2.73. The maximum absolute atomic E-state index is 5.39. The fraction of sp³-hybridized carbons (Fsp3) is 0.438. The minimum absolute atomic E-state index is 0.262. The van der Waals surface area contributed by atoms with Gasteiger partial charge in [0, 0.05) is 24.9 Å². The van der Waals surface area contributed by atoms with Crippen LogP contribution in [0.2, 0.25) is 0 Å². The van der Waals surface area contributed by atoms with Crippen LogP contribution in [0.15, 0.2) is 24.3 Å². The van der Waals surface area contributed by atoms with Crippen molar-refractivity contribution in [1.29, 1.82) is 0 Å². The lowest BCUT2D eigenvalue weighted by Crippen LogP contribution is -2.16. The van der Waals surface area contributed by atoms with Gasteiger partial charge in [-0.2, -0.15) is 0 Å². The van der Waals surface area contributed by atoms with Gasteiger partial charge in [0.1, 0.15) is 5.82 Å². The number of aromatic nitrogens is 2. The molecule has 1 aliphatic rings. The molecule has 1 aliphatic heterocycles. The highest BCUT2D eigenvalue weighted by Crippen LogP contribution is 2.27.